The highest BCUT2D eigenvalue weighted by Gasteiger charge is 2.29. The van der Waals surface area contributed by atoms with E-state index in [1.807, 2.05) is 30.3 Å². The molecular formula is C21H31N3O6S. The number of hydrogen-bond acceptors (Lipinski definition) is 7. The molecule has 1 aromatic carbocycles. The molecule has 0 spiro atoms. The molecule has 2 atom stereocenters. The van der Waals surface area contributed by atoms with E-state index in [0.717, 1.165) is 5.56 Å². The van der Waals surface area contributed by atoms with Crippen molar-refractivity contribution in [2.75, 3.05) is 18.7 Å². The van der Waals surface area contributed by atoms with Crippen LogP contribution in [0.5, 0.6) is 0 Å². The lowest BCUT2D eigenvalue weighted by molar-refractivity contribution is -0.145. The Balaban J connectivity index is 2.88. The number of ether oxygens (including phenoxy) is 2. The van der Waals surface area contributed by atoms with E-state index in [0.29, 0.717) is 0 Å². The van der Waals surface area contributed by atoms with Gasteiger partial charge < -0.3 is 25.4 Å². The van der Waals surface area contributed by atoms with Crippen LogP contribution in [-0.4, -0.2) is 60.3 Å². The molecule has 0 fully saturated rings. The first kappa shape index (κ1) is 26.3. The third kappa shape index (κ3) is 11.3. The van der Waals surface area contributed by atoms with Crippen molar-refractivity contribution in [3.05, 3.63) is 35.9 Å². The Hall–Kier alpha value is -2.75. The molecule has 0 aliphatic heterocycles. The summed E-state index contributed by atoms with van der Waals surface area (Å²) in [5.74, 6) is -0.946. The van der Waals surface area contributed by atoms with E-state index < -0.39 is 35.7 Å². The molecule has 0 aliphatic carbocycles. The first-order valence-electron chi connectivity index (χ1n) is 9.75. The molecule has 172 valence electrons. The maximum absolute atomic E-state index is 12.9. The molecule has 0 saturated heterocycles. The zero-order valence-corrected chi connectivity index (χ0v) is 19.3. The summed E-state index contributed by atoms with van der Waals surface area (Å²) in [5, 5.41) is 7.78. The van der Waals surface area contributed by atoms with Crippen molar-refractivity contribution in [2.24, 2.45) is 0 Å². The van der Waals surface area contributed by atoms with Crippen LogP contribution in [0.1, 0.15) is 33.3 Å². The number of amides is 3. The minimum Gasteiger partial charge on any atom is -0.467 e. The number of methoxy groups -OCH3 is 1. The highest BCUT2D eigenvalue weighted by molar-refractivity contribution is 7.99. The van der Waals surface area contributed by atoms with Gasteiger partial charge in [-0.05, 0) is 26.3 Å². The van der Waals surface area contributed by atoms with Gasteiger partial charge in [0.2, 0.25) is 11.8 Å². The molecule has 0 bridgehead atoms. The van der Waals surface area contributed by atoms with E-state index in [4.69, 9.17) is 9.47 Å². The standard InChI is InChI=1S/C21H31N3O6S/c1-14(25)22-13-31-12-17(24-20(28)30-21(2,3)4)18(26)23-16(19(27)29-5)11-15-9-7-6-8-10-15/h6-10,16-17H,11-13H2,1-5H3,(H,22,25)(H,23,26)(H,24,28)/t16-,17-/m0/s1. The molecule has 1 rings (SSSR count). The normalized spacial score (nSPS) is 12.8. The minimum atomic E-state index is -0.989. The molecule has 0 aromatic heterocycles. The molecule has 9 nitrogen and oxygen atoms in total. The molecule has 0 heterocycles. The summed E-state index contributed by atoms with van der Waals surface area (Å²) >= 11 is 1.24. The van der Waals surface area contributed by atoms with Crippen molar-refractivity contribution in [1.29, 1.82) is 0 Å². The van der Waals surface area contributed by atoms with E-state index in [1.165, 1.54) is 25.8 Å². The third-order valence-electron chi connectivity index (χ3n) is 3.80. The van der Waals surface area contributed by atoms with Crippen LogP contribution in [0.4, 0.5) is 4.79 Å². The lowest BCUT2D eigenvalue weighted by Gasteiger charge is -2.24. The number of esters is 1. The Morgan fingerprint density at radius 1 is 1.03 bits per heavy atom. The average Bonchev–Trinajstić information content (AvgIpc) is 2.68. The van der Waals surface area contributed by atoms with Crippen LogP contribution >= 0.6 is 11.8 Å². The maximum atomic E-state index is 12.9. The van der Waals surface area contributed by atoms with Gasteiger partial charge in [0, 0.05) is 19.1 Å². The van der Waals surface area contributed by atoms with Crippen LogP contribution in [0.25, 0.3) is 0 Å². The fraction of sp³-hybridized carbons (Fsp3) is 0.524. The van der Waals surface area contributed by atoms with Gasteiger partial charge in [-0.2, -0.15) is 0 Å². The molecule has 10 heteroatoms. The number of benzene rings is 1. The highest BCUT2D eigenvalue weighted by Crippen LogP contribution is 2.10. The molecule has 3 N–H and O–H groups in total. The third-order valence-corrected chi connectivity index (χ3v) is 4.72. The summed E-state index contributed by atoms with van der Waals surface area (Å²) < 4.78 is 10.1. The summed E-state index contributed by atoms with van der Waals surface area (Å²) in [7, 11) is 1.24. The van der Waals surface area contributed by atoms with E-state index in [-0.39, 0.29) is 24.0 Å². The van der Waals surface area contributed by atoms with Gasteiger partial charge in [0.15, 0.2) is 0 Å². The second kappa shape index (κ2) is 12.8. The summed E-state index contributed by atoms with van der Waals surface area (Å²) in [6.45, 7) is 6.51. The van der Waals surface area contributed by atoms with Gasteiger partial charge in [-0.1, -0.05) is 30.3 Å². The van der Waals surface area contributed by atoms with Gasteiger partial charge in [-0.25, -0.2) is 9.59 Å². The van der Waals surface area contributed by atoms with Gasteiger partial charge in [0.25, 0.3) is 0 Å². The molecule has 0 saturated carbocycles. The van der Waals surface area contributed by atoms with E-state index in [2.05, 4.69) is 16.0 Å². The summed E-state index contributed by atoms with van der Waals surface area (Å²) in [4.78, 5) is 48.4. The Kier molecular flexibility index (Phi) is 10.9. The predicted octanol–water partition coefficient (Wildman–Crippen LogP) is 1.61. The second-order valence-corrected chi connectivity index (χ2v) is 8.75. The number of hydrogen-bond donors (Lipinski definition) is 3. The number of alkyl carbamates (subject to hydrolysis) is 1. The van der Waals surface area contributed by atoms with Crippen molar-refractivity contribution in [2.45, 2.75) is 51.8 Å². The van der Waals surface area contributed by atoms with Gasteiger partial charge in [-0.3, -0.25) is 9.59 Å². The van der Waals surface area contributed by atoms with Crippen LogP contribution in [0.2, 0.25) is 0 Å². The molecule has 0 radical (unpaired) electrons. The maximum Gasteiger partial charge on any atom is 0.408 e. The van der Waals surface area contributed by atoms with E-state index >= 15 is 0 Å². The zero-order valence-electron chi connectivity index (χ0n) is 18.5. The first-order chi connectivity index (χ1) is 14.5. The van der Waals surface area contributed by atoms with Crippen molar-refractivity contribution in [3.8, 4) is 0 Å². The lowest BCUT2D eigenvalue weighted by Crippen LogP contribution is -2.54. The largest absolute Gasteiger partial charge is 0.467 e. The minimum absolute atomic E-state index is 0.157. The molecule has 3 amide bonds. The van der Waals surface area contributed by atoms with E-state index in [9.17, 15) is 19.2 Å². The summed E-state index contributed by atoms with van der Waals surface area (Å²) in [6.07, 6.45) is -0.525. The molecule has 1 aromatic rings. The smallest absolute Gasteiger partial charge is 0.408 e. The summed E-state index contributed by atoms with van der Waals surface area (Å²) in [5.41, 5.74) is 0.103. The number of carbonyl (C=O) groups excluding carboxylic acids is 4. The summed E-state index contributed by atoms with van der Waals surface area (Å²) in [6, 6.07) is 7.26. The number of rotatable bonds is 10. The van der Waals surface area contributed by atoms with Crippen LogP contribution in [0, 0.1) is 0 Å². The Bertz CT molecular complexity index is 751. The zero-order chi connectivity index (χ0) is 23.4. The second-order valence-electron chi connectivity index (χ2n) is 7.72. The van der Waals surface area contributed by atoms with Gasteiger partial charge in [-0.15, -0.1) is 11.8 Å². The van der Waals surface area contributed by atoms with Gasteiger partial charge in [0.1, 0.15) is 17.7 Å². The van der Waals surface area contributed by atoms with Crippen molar-refractivity contribution >= 4 is 35.6 Å². The number of thioether (sulfide) groups is 1. The fourth-order valence-electron chi connectivity index (χ4n) is 2.42. The molecule has 0 unspecified atom stereocenters. The fourth-order valence-corrected chi connectivity index (χ4v) is 3.31. The van der Waals surface area contributed by atoms with E-state index in [1.54, 1.807) is 20.8 Å². The van der Waals surface area contributed by atoms with Crippen LogP contribution in [-0.2, 0) is 30.3 Å². The first-order valence-corrected chi connectivity index (χ1v) is 10.9. The lowest BCUT2D eigenvalue weighted by atomic mass is 10.1. The number of nitrogens with one attached hydrogen (secondary N) is 3. The average molecular weight is 454 g/mol. The monoisotopic (exact) mass is 453 g/mol. The van der Waals surface area contributed by atoms with Crippen molar-refractivity contribution < 1.29 is 28.7 Å². The van der Waals surface area contributed by atoms with Gasteiger partial charge >= 0.3 is 12.1 Å². The van der Waals surface area contributed by atoms with Gasteiger partial charge in [0.05, 0.1) is 13.0 Å². The molecule has 31 heavy (non-hydrogen) atoms. The molecule has 0 aliphatic rings. The Morgan fingerprint density at radius 3 is 2.23 bits per heavy atom. The SMILES string of the molecule is COC(=O)[C@H](Cc1ccccc1)NC(=O)[C@H](CSCNC(C)=O)NC(=O)OC(C)(C)C. The Labute approximate surface area is 187 Å². The molecular weight excluding hydrogens is 422 g/mol. The van der Waals surface area contributed by atoms with Crippen molar-refractivity contribution in [1.82, 2.24) is 16.0 Å². The van der Waals surface area contributed by atoms with Crippen LogP contribution in [0.3, 0.4) is 0 Å². The Morgan fingerprint density at radius 2 is 1.68 bits per heavy atom. The topological polar surface area (TPSA) is 123 Å². The van der Waals surface area contributed by atoms with Crippen LogP contribution < -0.4 is 16.0 Å². The van der Waals surface area contributed by atoms with Crippen molar-refractivity contribution in [3.63, 3.8) is 0 Å². The predicted molar refractivity (Wildman–Crippen MR) is 118 cm³/mol. The quantitative estimate of drug-likeness (QED) is 0.279. The highest BCUT2D eigenvalue weighted by atomic mass is 32.2. The number of carbonyl (C=O) groups is 4. The van der Waals surface area contributed by atoms with Crippen LogP contribution in [0.15, 0.2) is 30.3 Å².